The zero-order valence-electron chi connectivity index (χ0n) is 14.8. The van der Waals surface area contributed by atoms with Crippen LogP contribution in [-0.2, 0) is 20.1 Å². The van der Waals surface area contributed by atoms with Crippen LogP contribution < -0.4 is 5.32 Å². The molecule has 4 heterocycles. The summed E-state index contributed by atoms with van der Waals surface area (Å²) in [5, 5.41) is 17.1. The van der Waals surface area contributed by atoms with Crippen molar-refractivity contribution in [1.82, 2.24) is 24.1 Å². The van der Waals surface area contributed by atoms with Crippen LogP contribution in [0.3, 0.4) is 0 Å². The highest BCUT2D eigenvalue weighted by atomic mass is 16.3. The molecule has 5 rings (SSSR count). The smallest absolute Gasteiger partial charge is 0.160 e. The summed E-state index contributed by atoms with van der Waals surface area (Å²) in [6.45, 7) is -0.0567. The Hall–Kier alpha value is -3.45. The molecule has 0 saturated carbocycles. The van der Waals surface area contributed by atoms with Crippen molar-refractivity contribution in [3.05, 3.63) is 66.0 Å². The van der Waals surface area contributed by atoms with E-state index in [1.807, 2.05) is 29.9 Å². The quantitative estimate of drug-likeness (QED) is 0.586. The molecule has 7 heteroatoms. The van der Waals surface area contributed by atoms with Gasteiger partial charge < -0.3 is 14.8 Å². The van der Waals surface area contributed by atoms with Gasteiger partial charge in [-0.2, -0.15) is 5.10 Å². The van der Waals surface area contributed by atoms with Crippen molar-refractivity contribution < 1.29 is 5.11 Å². The van der Waals surface area contributed by atoms with Crippen molar-refractivity contribution in [2.45, 2.75) is 13.0 Å². The second-order valence-electron chi connectivity index (χ2n) is 6.60. The molecule has 0 spiro atoms. The molecule has 0 radical (unpaired) electrons. The number of rotatable bonds is 4. The molecule has 0 aromatic carbocycles. The summed E-state index contributed by atoms with van der Waals surface area (Å²) >= 11 is 0. The number of nitrogens with one attached hydrogen (secondary N) is 1. The van der Waals surface area contributed by atoms with Crippen LogP contribution in [-0.4, -0.2) is 29.3 Å². The molecule has 0 fully saturated rings. The Labute approximate surface area is 155 Å². The fourth-order valence-corrected chi connectivity index (χ4v) is 3.43. The normalized spacial score (nSPS) is 12.7. The second-order valence-corrected chi connectivity index (χ2v) is 6.60. The van der Waals surface area contributed by atoms with Crippen molar-refractivity contribution in [3.63, 3.8) is 0 Å². The number of hydrogen-bond acceptors (Lipinski definition) is 5. The number of aromatic nitrogens is 5. The van der Waals surface area contributed by atoms with E-state index < -0.39 is 0 Å². The molecule has 4 aromatic heterocycles. The summed E-state index contributed by atoms with van der Waals surface area (Å²) in [6, 6.07) is 6.07. The third kappa shape index (κ3) is 2.69. The molecule has 27 heavy (non-hydrogen) atoms. The minimum Gasteiger partial charge on any atom is -0.390 e. The lowest BCUT2D eigenvalue weighted by Gasteiger charge is -2.10. The van der Waals surface area contributed by atoms with Crippen LogP contribution in [0.2, 0.25) is 0 Å². The van der Waals surface area contributed by atoms with Gasteiger partial charge in [0.05, 0.1) is 23.7 Å². The third-order valence-electron chi connectivity index (χ3n) is 4.84. The minimum absolute atomic E-state index is 0.0567. The topological polar surface area (TPSA) is 80.3 Å². The summed E-state index contributed by atoms with van der Waals surface area (Å²) in [6.07, 6.45) is 12.8. The zero-order valence-corrected chi connectivity index (χ0v) is 14.8. The van der Waals surface area contributed by atoms with Crippen LogP contribution in [0.4, 0.5) is 11.5 Å². The number of anilines is 2. The van der Waals surface area contributed by atoms with Crippen molar-refractivity contribution >= 4 is 23.2 Å². The van der Waals surface area contributed by atoms with Gasteiger partial charge in [0, 0.05) is 49.0 Å². The first-order chi connectivity index (χ1) is 13.2. The molecule has 1 aliphatic rings. The highest BCUT2D eigenvalue weighted by Crippen LogP contribution is 2.30. The predicted octanol–water partition coefficient (Wildman–Crippen LogP) is 2.94. The standard InChI is InChI=1S/C20H18N6O/c1-25-16(12-27)9-19(24-25)23-18-8-15(11-26-6-5-21-20(18)26)14-7-13-3-2-4-17(13)22-10-14/h2,4-11,27H,3,12H2,1H3,(H,23,24). The van der Waals surface area contributed by atoms with Gasteiger partial charge in [0.25, 0.3) is 0 Å². The Morgan fingerprint density at radius 3 is 2.96 bits per heavy atom. The molecule has 0 atom stereocenters. The largest absolute Gasteiger partial charge is 0.390 e. The van der Waals surface area contributed by atoms with Gasteiger partial charge in [-0.1, -0.05) is 6.08 Å². The van der Waals surface area contributed by atoms with Crippen LogP contribution in [0.25, 0.3) is 22.9 Å². The van der Waals surface area contributed by atoms with Gasteiger partial charge in [0.1, 0.15) is 0 Å². The van der Waals surface area contributed by atoms with Crippen LogP contribution in [0, 0.1) is 0 Å². The number of pyridine rings is 2. The van der Waals surface area contributed by atoms with E-state index in [4.69, 9.17) is 0 Å². The first kappa shape index (κ1) is 15.8. The molecular weight excluding hydrogens is 340 g/mol. The van der Waals surface area contributed by atoms with E-state index in [-0.39, 0.29) is 6.61 Å². The molecule has 4 aromatic rings. The molecule has 0 saturated heterocycles. The number of aliphatic hydroxyl groups is 1. The molecule has 0 aliphatic heterocycles. The van der Waals surface area contributed by atoms with Crippen molar-refractivity contribution in [3.8, 4) is 11.1 Å². The fourth-order valence-electron chi connectivity index (χ4n) is 3.43. The average Bonchev–Trinajstić information content (AvgIpc) is 3.39. The molecule has 0 bridgehead atoms. The summed E-state index contributed by atoms with van der Waals surface area (Å²) in [4.78, 5) is 9.02. The number of hydrogen-bond donors (Lipinski definition) is 2. The van der Waals surface area contributed by atoms with Crippen molar-refractivity contribution in [1.29, 1.82) is 0 Å². The predicted molar refractivity (Wildman–Crippen MR) is 104 cm³/mol. The van der Waals surface area contributed by atoms with Gasteiger partial charge >= 0.3 is 0 Å². The van der Waals surface area contributed by atoms with Gasteiger partial charge in [-0.25, -0.2) is 4.98 Å². The average molecular weight is 358 g/mol. The lowest BCUT2D eigenvalue weighted by Crippen LogP contribution is -1.99. The number of aryl methyl sites for hydroxylation is 1. The van der Waals surface area contributed by atoms with Crippen LogP contribution >= 0.6 is 0 Å². The van der Waals surface area contributed by atoms with E-state index in [0.29, 0.717) is 5.82 Å². The molecule has 134 valence electrons. The zero-order chi connectivity index (χ0) is 18.4. The number of aliphatic hydroxyl groups excluding tert-OH is 1. The fraction of sp³-hybridized carbons (Fsp3) is 0.150. The van der Waals surface area contributed by atoms with E-state index >= 15 is 0 Å². The lowest BCUT2D eigenvalue weighted by molar-refractivity contribution is 0.270. The molecule has 7 nitrogen and oxygen atoms in total. The minimum atomic E-state index is -0.0567. The maximum atomic E-state index is 9.39. The number of nitrogens with zero attached hydrogens (tertiary/aromatic N) is 5. The number of imidazole rings is 1. The first-order valence-electron chi connectivity index (χ1n) is 8.74. The maximum absolute atomic E-state index is 9.39. The van der Waals surface area contributed by atoms with Gasteiger partial charge in [-0.15, -0.1) is 0 Å². The highest BCUT2D eigenvalue weighted by molar-refractivity contribution is 5.79. The van der Waals surface area contributed by atoms with Gasteiger partial charge in [-0.05, 0) is 30.2 Å². The van der Waals surface area contributed by atoms with E-state index in [1.54, 1.807) is 10.9 Å². The Kier molecular flexibility index (Phi) is 3.54. The van der Waals surface area contributed by atoms with Gasteiger partial charge in [-0.3, -0.25) is 9.67 Å². The summed E-state index contributed by atoms with van der Waals surface area (Å²) in [7, 11) is 1.81. The Bertz CT molecular complexity index is 1190. The first-order valence-corrected chi connectivity index (χ1v) is 8.74. The highest BCUT2D eigenvalue weighted by Gasteiger charge is 2.13. The number of allylic oxidation sites excluding steroid dienone is 1. The maximum Gasteiger partial charge on any atom is 0.160 e. The Balaban J connectivity index is 1.59. The SMILES string of the molecule is Cn1nc(Nc2cc(-c3cnc4c(c3)CC=C4)cn3ccnc23)cc1CO. The molecule has 0 amide bonds. The van der Waals surface area contributed by atoms with E-state index in [9.17, 15) is 5.11 Å². The summed E-state index contributed by atoms with van der Waals surface area (Å²) in [5.74, 6) is 0.667. The van der Waals surface area contributed by atoms with Crippen molar-refractivity contribution in [2.24, 2.45) is 7.05 Å². The lowest BCUT2D eigenvalue weighted by atomic mass is 10.1. The van der Waals surface area contributed by atoms with Gasteiger partial charge in [0.2, 0.25) is 0 Å². The van der Waals surface area contributed by atoms with E-state index in [2.05, 4.69) is 50.9 Å². The molecule has 2 N–H and O–H groups in total. The Morgan fingerprint density at radius 1 is 1.19 bits per heavy atom. The third-order valence-corrected chi connectivity index (χ3v) is 4.84. The monoisotopic (exact) mass is 358 g/mol. The number of fused-ring (bicyclic) bond motifs is 2. The van der Waals surface area contributed by atoms with Crippen LogP contribution in [0.5, 0.6) is 0 Å². The van der Waals surface area contributed by atoms with Crippen molar-refractivity contribution in [2.75, 3.05) is 5.32 Å². The Morgan fingerprint density at radius 2 is 2.11 bits per heavy atom. The molecule has 0 unspecified atom stereocenters. The van der Waals surface area contributed by atoms with E-state index in [0.717, 1.165) is 40.3 Å². The molecular formula is C20H18N6O. The van der Waals surface area contributed by atoms with Crippen LogP contribution in [0.1, 0.15) is 17.0 Å². The summed E-state index contributed by atoms with van der Waals surface area (Å²) < 4.78 is 3.64. The van der Waals surface area contributed by atoms with E-state index in [1.165, 1.54) is 5.56 Å². The molecule has 1 aliphatic carbocycles. The second kappa shape index (κ2) is 6.07. The summed E-state index contributed by atoms with van der Waals surface area (Å²) in [5.41, 5.74) is 6.79. The van der Waals surface area contributed by atoms with Gasteiger partial charge in [0.15, 0.2) is 11.5 Å². The van der Waals surface area contributed by atoms with Crippen LogP contribution in [0.15, 0.2) is 49.1 Å².